The lowest BCUT2D eigenvalue weighted by Crippen LogP contribution is -2.32. The van der Waals surface area contributed by atoms with Crippen molar-refractivity contribution in [3.05, 3.63) is 58.6 Å². The zero-order valence-electron chi connectivity index (χ0n) is 15.3. The molecule has 2 aromatic rings. The fraction of sp³-hybridized carbons (Fsp3) is 0.300. The third-order valence-corrected chi connectivity index (χ3v) is 3.73. The summed E-state index contributed by atoms with van der Waals surface area (Å²) in [6.45, 7) is 5.62. The lowest BCUT2D eigenvalue weighted by molar-refractivity contribution is 0.0523. The van der Waals surface area contributed by atoms with E-state index in [4.69, 9.17) is 21.1 Å². The van der Waals surface area contributed by atoms with Crippen LogP contribution in [0.4, 0.5) is 4.79 Å². The van der Waals surface area contributed by atoms with Crippen LogP contribution in [0.25, 0.3) is 11.1 Å². The van der Waals surface area contributed by atoms with Gasteiger partial charge in [0.05, 0.1) is 12.7 Å². The predicted molar refractivity (Wildman–Crippen MR) is 101 cm³/mol. The summed E-state index contributed by atoms with van der Waals surface area (Å²) >= 11 is 5.93. The molecule has 5 nitrogen and oxygen atoms in total. The van der Waals surface area contributed by atoms with Crippen LogP contribution in [0.5, 0.6) is 0 Å². The average molecular weight is 376 g/mol. The fourth-order valence-corrected chi connectivity index (χ4v) is 2.48. The Morgan fingerprint density at radius 2 is 1.73 bits per heavy atom. The number of amides is 1. The molecule has 0 aliphatic rings. The van der Waals surface area contributed by atoms with E-state index in [-0.39, 0.29) is 6.54 Å². The smallest absolute Gasteiger partial charge is 0.407 e. The topological polar surface area (TPSA) is 64.6 Å². The Balaban J connectivity index is 2.24. The van der Waals surface area contributed by atoms with Gasteiger partial charge in [-0.05, 0) is 55.7 Å². The van der Waals surface area contributed by atoms with Crippen molar-refractivity contribution in [3.8, 4) is 11.1 Å². The van der Waals surface area contributed by atoms with Crippen LogP contribution in [-0.4, -0.2) is 24.8 Å². The van der Waals surface area contributed by atoms with Crippen LogP contribution in [0.1, 0.15) is 36.7 Å². The quantitative estimate of drug-likeness (QED) is 0.778. The highest BCUT2D eigenvalue weighted by atomic mass is 35.5. The summed E-state index contributed by atoms with van der Waals surface area (Å²) in [4.78, 5) is 24.0. The molecule has 0 unspecified atom stereocenters. The second-order valence-electron chi connectivity index (χ2n) is 6.73. The average Bonchev–Trinajstić information content (AvgIpc) is 2.58. The summed E-state index contributed by atoms with van der Waals surface area (Å²) in [6.07, 6.45) is -0.515. The van der Waals surface area contributed by atoms with Crippen molar-refractivity contribution in [1.29, 1.82) is 0 Å². The van der Waals surface area contributed by atoms with E-state index in [0.717, 1.165) is 16.7 Å². The van der Waals surface area contributed by atoms with Crippen molar-refractivity contribution in [3.63, 3.8) is 0 Å². The number of rotatable bonds is 4. The first-order valence-corrected chi connectivity index (χ1v) is 8.51. The molecular weight excluding hydrogens is 354 g/mol. The second kappa shape index (κ2) is 8.23. The van der Waals surface area contributed by atoms with Crippen LogP contribution in [0.15, 0.2) is 42.5 Å². The van der Waals surface area contributed by atoms with Crippen LogP contribution >= 0.6 is 11.6 Å². The zero-order chi connectivity index (χ0) is 19.3. The second-order valence-corrected chi connectivity index (χ2v) is 7.17. The molecular formula is C20H22ClNO4. The van der Waals surface area contributed by atoms with Gasteiger partial charge in [-0.25, -0.2) is 9.59 Å². The molecule has 2 aromatic carbocycles. The van der Waals surface area contributed by atoms with Crippen molar-refractivity contribution in [2.75, 3.05) is 7.11 Å². The van der Waals surface area contributed by atoms with Gasteiger partial charge in [-0.15, -0.1) is 0 Å². The maximum atomic E-state index is 12.2. The van der Waals surface area contributed by atoms with E-state index in [1.807, 2.05) is 24.3 Å². The molecule has 0 saturated carbocycles. The number of benzene rings is 2. The van der Waals surface area contributed by atoms with Gasteiger partial charge >= 0.3 is 12.1 Å². The number of carbonyl (C=O) groups excluding carboxylic acids is 2. The maximum Gasteiger partial charge on any atom is 0.407 e. The van der Waals surface area contributed by atoms with Crippen molar-refractivity contribution in [1.82, 2.24) is 5.32 Å². The van der Waals surface area contributed by atoms with E-state index in [9.17, 15) is 9.59 Å². The number of hydrogen-bond donors (Lipinski definition) is 1. The first-order chi connectivity index (χ1) is 12.2. The summed E-state index contributed by atoms with van der Waals surface area (Å²) in [5.74, 6) is -0.450. The van der Waals surface area contributed by atoms with Gasteiger partial charge in [0.25, 0.3) is 0 Å². The summed E-state index contributed by atoms with van der Waals surface area (Å²) in [5.41, 5.74) is 2.18. The molecule has 0 fully saturated rings. The molecule has 138 valence electrons. The van der Waals surface area contributed by atoms with Gasteiger partial charge in [0.15, 0.2) is 0 Å². The summed E-state index contributed by atoms with van der Waals surface area (Å²) in [5, 5.41) is 3.29. The monoisotopic (exact) mass is 375 g/mol. The third-order valence-electron chi connectivity index (χ3n) is 3.48. The largest absolute Gasteiger partial charge is 0.465 e. The van der Waals surface area contributed by atoms with Crippen LogP contribution in [-0.2, 0) is 16.0 Å². The molecule has 1 amide bonds. The van der Waals surface area contributed by atoms with Crippen LogP contribution in [0, 0.1) is 0 Å². The maximum absolute atomic E-state index is 12.2. The number of nitrogens with one attached hydrogen (secondary N) is 1. The molecule has 2 rings (SSSR count). The molecule has 0 atom stereocenters. The van der Waals surface area contributed by atoms with Crippen molar-refractivity contribution in [2.24, 2.45) is 0 Å². The molecule has 1 N–H and O–H groups in total. The van der Waals surface area contributed by atoms with Gasteiger partial charge in [0.1, 0.15) is 5.60 Å². The summed E-state index contributed by atoms with van der Waals surface area (Å²) in [6, 6.07) is 12.6. The molecule has 0 bridgehead atoms. The van der Waals surface area contributed by atoms with Crippen molar-refractivity contribution >= 4 is 23.7 Å². The number of alkyl carbamates (subject to hydrolysis) is 1. The lowest BCUT2D eigenvalue weighted by atomic mass is 9.97. The first-order valence-electron chi connectivity index (χ1n) is 8.13. The highest BCUT2D eigenvalue weighted by molar-refractivity contribution is 6.30. The van der Waals surface area contributed by atoms with E-state index in [0.29, 0.717) is 10.6 Å². The Kier molecular flexibility index (Phi) is 6.27. The number of halogens is 1. The standard InChI is InChI=1S/C20H22ClNO4/c1-20(2,3)26-19(24)22-12-13-5-10-16(17(11-13)18(23)25-4)14-6-8-15(21)9-7-14/h5-11H,12H2,1-4H3,(H,22,24). The molecule has 0 aliphatic carbocycles. The summed E-state index contributed by atoms with van der Waals surface area (Å²) in [7, 11) is 1.33. The molecule has 0 spiro atoms. The first kappa shape index (κ1) is 19.8. The molecule has 0 aliphatic heterocycles. The van der Waals surface area contributed by atoms with Gasteiger partial charge in [-0.3, -0.25) is 0 Å². The molecule has 0 saturated heterocycles. The Morgan fingerprint density at radius 3 is 2.31 bits per heavy atom. The molecule has 26 heavy (non-hydrogen) atoms. The normalized spacial score (nSPS) is 11.0. The van der Waals surface area contributed by atoms with Crippen LogP contribution in [0.3, 0.4) is 0 Å². The number of methoxy groups -OCH3 is 1. The Bertz CT molecular complexity index is 794. The van der Waals surface area contributed by atoms with Crippen LogP contribution < -0.4 is 5.32 Å². The van der Waals surface area contributed by atoms with E-state index in [1.54, 1.807) is 39.0 Å². The van der Waals surface area contributed by atoms with E-state index < -0.39 is 17.7 Å². The minimum absolute atomic E-state index is 0.236. The molecule has 0 heterocycles. The van der Waals surface area contributed by atoms with E-state index in [1.165, 1.54) is 7.11 Å². The molecule has 0 radical (unpaired) electrons. The Hall–Kier alpha value is -2.53. The van der Waals surface area contributed by atoms with Crippen molar-refractivity contribution < 1.29 is 19.1 Å². The van der Waals surface area contributed by atoms with E-state index >= 15 is 0 Å². The Morgan fingerprint density at radius 1 is 1.08 bits per heavy atom. The number of ether oxygens (including phenoxy) is 2. The van der Waals surface area contributed by atoms with Crippen LogP contribution in [0.2, 0.25) is 5.02 Å². The number of esters is 1. The molecule has 6 heteroatoms. The highest BCUT2D eigenvalue weighted by Crippen LogP contribution is 2.27. The third kappa shape index (κ3) is 5.49. The molecule has 0 aromatic heterocycles. The fourth-order valence-electron chi connectivity index (χ4n) is 2.35. The van der Waals surface area contributed by atoms with Gasteiger partial charge in [-0.2, -0.15) is 0 Å². The van der Waals surface area contributed by atoms with Gasteiger partial charge < -0.3 is 14.8 Å². The summed E-state index contributed by atoms with van der Waals surface area (Å²) < 4.78 is 10.1. The minimum Gasteiger partial charge on any atom is -0.465 e. The SMILES string of the molecule is COC(=O)c1cc(CNC(=O)OC(C)(C)C)ccc1-c1ccc(Cl)cc1. The zero-order valence-corrected chi connectivity index (χ0v) is 16.0. The number of carbonyl (C=O) groups is 2. The van der Waals surface area contributed by atoms with Crippen molar-refractivity contribution in [2.45, 2.75) is 32.9 Å². The van der Waals surface area contributed by atoms with E-state index in [2.05, 4.69) is 5.32 Å². The van der Waals surface area contributed by atoms with Gasteiger partial charge in [0.2, 0.25) is 0 Å². The predicted octanol–water partition coefficient (Wildman–Crippen LogP) is 4.82. The van der Waals surface area contributed by atoms with Gasteiger partial charge in [-0.1, -0.05) is 35.9 Å². The lowest BCUT2D eigenvalue weighted by Gasteiger charge is -2.19. The minimum atomic E-state index is -0.570. The number of hydrogen-bond acceptors (Lipinski definition) is 4. The van der Waals surface area contributed by atoms with Gasteiger partial charge in [0, 0.05) is 11.6 Å². The highest BCUT2D eigenvalue weighted by Gasteiger charge is 2.17. The Labute approximate surface area is 158 Å².